The highest BCUT2D eigenvalue weighted by Gasteiger charge is 2.23. The molecule has 0 bridgehead atoms. The van der Waals surface area contributed by atoms with E-state index in [0.717, 1.165) is 5.56 Å². The van der Waals surface area contributed by atoms with Gasteiger partial charge in [0.25, 0.3) is 5.91 Å². The van der Waals surface area contributed by atoms with E-state index in [1.54, 1.807) is 6.07 Å². The van der Waals surface area contributed by atoms with Gasteiger partial charge in [0.1, 0.15) is 10.9 Å². The number of carbonyl (C=O) groups is 1. The number of hydrogen-bond acceptors (Lipinski definition) is 2. The molecular formula is C16H9ClFNOS. The minimum Gasteiger partial charge on any atom is -0.266 e. The summed E-state index contributed by atoms with van der Waals surface area (Å²) in [6, 6.07) is 13.8. The second-order valence-corrected chi connectivity index (χ2v) is 5.77. The van der Waals surface area contributed by atoms with Gasteiger partial charge in [-0.25, -0.2) is 9.38 Å². The van der Waals surface area contributed by atoms with Crippen LogP contribution < -0.4 is 0 Å². The number of carbonyl (C=O) groups excluding carboxylic acids is 1. The summed E-state index contributed by atoms with van der Waals surface area (Å²) in [6.45, 7) is 0. The van der Waals surface area contributed by atoms with E-state index in [9.17, 15) is 9.18 Å². The number of benzene rings is 2. The van der Waals surface area contributed by atoms with Crippen molar-refractivity contribution in [2.75, 3.05) is 0 Å². The van der Waals surface area contributed by atoms with Crippen molar-refractivity contribution >= 4 is 40.4 Å². The highest BCUT2D eigenvalue weighted by Crippen LogP contribution is 2.33. The minimum atomic E-state index is -0.462. The Morgan fingerprint density at radius 1 is 1.10 bits per heavy atom. The second kappa shape index (κ2) is 5.84. The van der Waals surface area contributed by atoms with Crippen molar-refractivity contribution in [2.45, 2.75) is 0 Å². The molecule has 0 radical (unpaired) electrons. The normalized spacial score (nSPS) is 16.4. The van der Waals surface area contributed by atoms with Crippen molar-refractivity contribution in [1.29, 1.82) is 0 Å². The first-order valence-electron chi connectivity index (χ1n) is 6.17. The fourth-order valence-electron chi connectivity index (χ4n) is 1.89. The Balaban J connectivity index is 1.93. The monoisotopic (exact) mass is 317 g/mol. The maximum atomic E-state index is 13.8. The van der Waals surface area contributed by atoms with Gasteiger partial charge < -0.3 is 0 Å². The molecule has 0 unspecified atom stereocenters. The van der Waals surface area contributed by atoms with E-state index in [-0.39, 0.29) is 16.5 Å². The minimum absolute atomic E-state index is 0.208. The van der Waals surface area contributed by atoms with Crippen LogP contribution in [0, 0.1) is 5.82 Å². The molecule has 0 atom stereocenters. The Kier molecular flexibility index (Phi) is 3.90. The van der Waals surface area contributed by atoms with Crippen LogP contribution in [0.1, 0.15) is 11.1 Å². The lowest BCUT2D eigenvalue weighted by atomic mass is 10.2. The van der Waals surface area contributed by atoms with Crippen molar-refractivity contribution in [3.63, 3.8) is 0 Å². The molecule has 104 valence electrons. The van der Waals surface area contributed by atoms with Crippen LogP contribution in [0.25, 0.3) is 6.08 Å². The lowest BCUT2D eigenvalue weighted by molar-refractivity contribution is -0.113. The molecule has 1 aliphatic heterocycles. The molecule has 1 aliphatic rings. The van der Waals surface area contributed by atoms with E-state index in [1.165, 1.54) is 30.0 Å². The first-order valence-corrected chi connectivity index (χ1v) is 7.36. The molecule has 5 heteroatoms. The van der Waals surface area contributed by atoms with Crippen LogP contribution in [-0.4, -0.2) is 11.0 Å². The molecule has 2 nitrogen and oxygen atoms in total. The first-order chi connectivity index (χ1) is 10.1. The third kappa shape index (κ3) is 2.91. The maximum absolute atomic E-state index is 13.8. The van der Waals surface area contributed by atoms with Gasteiger partial charge in [-0.05, 0) is 18.2 Å². The van der Waals surface area contributed by atoms with Crippen LogP contribution in [0.4, 0.5) is 4.39 Å². The lowest BCUT2D eigenvalue weighted by Crippen LogP contribution is -1.90. The summed E-state index contributed by atoms with van der Waals surface area (Å²) in [5.74, 6) is -0.838. The average Bonchev–Trinajstić information content (AvgIpc) is 2.85. The predicted octanol–water partition coefficient (Wildman–Crippen LogP) is 4.54. The highest BCUT2D eigenvalue weighted by molar-refractivity contribution is 8.19. The van der Waals surface area contributed by atoms with Gasteiger partial charge in [-0.1, -0.05) is 59.8 Å². The molecule has 0 aromatic heterocycles. The molecule has 21 heavy (non-hydrogen) atoms. The average molecular weight is 318 g/mol. The van der Waals surface area contributed by atoms with E-state index >= 15 is 0 Å². The summed E-state index contributed by atoms with van der Waals surface area (Å²) in [6.07, 6.45) is 1.45. The quantitative estimate of drug-likeness (QED) is 0.761. The van der Waals surface area contributed by atoms with Crippen LogP contribution in [0.3, 0.4) is 0 Å². The van der Waals surface area contributed by atoms with E-state index < -0.39 is 5.82 Å². The number of aliphatic imine (C=N–C) groups is 1. The van der Waals surface area contributed by atoms with Gasteiger partial charge in [-0.15, -0.1) is 0 Å². The molecule has 2 aromatic rings. The van der Waals surface area contributed by atoms with Crippen molar-refractivity contribution in [1.82, 2.24) is 0 Å². The van der Waals surface area contributed by atoms with Crippen molar-refractivity contribution in [2.24, 2.45) is 4.99 Å². The van der Waals surface area contributed by atoms with Crippen molar-refractivity contribution in [3.05, 3.63) is 75.4 Å². The third-order valence-corrected chi connectivity index (χ3v) is 4.28. The second-order valence-electron chi connectivity index (χ2n) is 4.33. The summed E-state index contributed by atoms with van der Waals surface area (Å²) in [7, 11) is 0. The standard InChI is InChI=1S/C16H9ClFNOS/c17-12-7-4-8-13(18)11(12)9-14-15(20)19-16(21-14)10-5-2-1-3-6-10/h1-9H/b14-9-. The molecule has 1 amide bonds. The fourth-order valence-corrected chi connectivity index (χ4v) is 3.01. The third-order valence-electron chi connectivity index (χ3n) is 2.92. The fraction of sp³-hybridized carbons (Fsp3) is 0. The Morgan fingerprint density at radius 3 is 2.57 bits per heavy atom. The van der Waals surface area contributed by atoms with Gasteiger partial charge in [0, 0.05) is 11.1 Å². The summed E-state index contributed by atoms with van der Waals surface area (Å²) in [4.78, 5) is 16.3. The van der Waals surface area contributed by atoms with Crippen molar-refractivity contribution in [3.8, 4) is 0 Å². The summed E-state index contributed by atoms with van der Waals surface area (Å²) in [5, 5.41) is 0.878. The number of nitrogens with zero attached hydrogens (tertiary/aromatic N) is 1. The molecule has 3 rings (SSSR count). The predicted molar refractivity (Wildman–Crippen MR) is 85.0 cm³/mol. The molecule has 0 spiro atoms. The summed E-state index contributed by atoms with van der Waals surface area (Å²) < 4.78 is 13.8. The number of rotatable bonds is 2. The molecule has 0 saturated heterocycles. The van der Waals surface area contributed by atoms with E-state index in [0.29, 0.717) is 9.95 Å². The van der Waals surface area contributed by atoms with E-state index in [2.05, 4.69) is 4.99 Å². The zero-order valence-electron chi connectivity index (χ0n) is 10.7. The molecule has 2 aromatic carbocycles. The van der Waals surface area contributed by atoms with Crippen molar-refractivity contribution < 1.29 is 9.18 Å². The topological polar surface area (TPSA) is 29.4 Å². The number of hydrogen-bond donors (Lipinski definition) is 0. The Labute approximate surface area is 130 Å². The molecule has 0 saturated carbocycles. The Morgan fingerprint density at radius 2 is 1.86 bits per heavy atom. The molecule has 0 N–H and O–H groups in total. The number of thioether (sulfide) groups is 1. The molecule has 0 aliphatic carbocycles. The zero-order chi connectivity index (χ0) is 14.8. The van der Waals surface area contributed by atoms with E-state index in [1.807, 2.05) is 30.3 Å². The first kappa shape index (κ1) is 14.0. The zero-order valence-corrected chi connectivity index (χ0v) is 12.3. The summed E-state index contributed by atoms with van der Waals surface area (Å²) >= 11 is 7.19. The number of halogens is 2. The van der Waals surface area contributed by atoms with Gasteiger partial charge in [0.15, 0.2) is 0 Å². The maximum Gasteiger partial charge on any atom is 0.284 e. The highest BCUT2D eigenvalue weighted by atomic mass is 35.5. The smallest absolute Gasteiger partial charge is 0.266 e. The van der Waals surface area contributed by atoms with Crippen LogP contribution in [0.5, 0.6) is 0 Å². The largest absolute Gasteiger partial charge is 0.284 e. The van der Waals surface area contributed by atoms with Gasteiger partial charge in [-0.2, -0.15) is 0 Å². The van der Waals surface area contributed by atoms with Crippen LogP contribution in [-0.2, 0) is 4.79 Å². The van der Waals surface area contributed by atoms with Gasteiger partial charge in [0.2, 0.25) is 0 Å². The number of amides is 1. The molecular weight excluding hydrogens is 309 g/mol. The SMILES string of the molecule is O=C1N=C(c2ccccc2)S/C1=C\c1c(F)cccc1Cl. The van der Waals surface area contributed by atoms with Gasteiger partial charge in [0.05, 0.1) is 9.93 Å². The van der Waals surface area contributed by atoms with Gasteiger partial charge in [-0.3, -0.25) is 4.79 Å². The molecule has 0 fully saturated rings. The van der Waals surface area contributed by atoms with Crippen LogP contribution in [0.15, 0.2) is 58.4 Å². The van der Waals surface area contributed by atoms with Crippen LogP contribution >= 0.6 is 23.4 Å². The molecule has 1 heterocycles. The summed E-state index contributed by atoms with van der Waals surface area (Å²) in [5.41, 5.74) is 1.07. The Bertz CT molecular complexity index is 751. The Hall–Kier alpha value is -1.91. The van der Waals surface area contributed by atoms with Crippen LogP contribution in [0.2, 0.25) is 5.02 Å². The van der Waals surface area contributed by atoms with E-state index in [4.69, 9.17) is 11.6 Å². The lowest BCUT2D eigenvalue weighted by Gasteiger charge is -2.01. The van der Waals surface area contributed by atoms with Gasteiger partial charge >= 0.3 is 0 Å².